The highest BCUT2D eigenvalue weighted by Gasteiger charge is 2.19. The van der Waals surface area contributed by atoms with E-state index in [1.807, 2.05) is 19.1 Å². The highest BCUT2D eigenvalue weighted by molar-refractivity contribution is 7.89. The maximum Gasteiger partial charge on any atom is 0.241 e. The molecule has 24 heavy (non-hydrogen) atoms. The molecule has 2 aromatic rings. The summed E-state index contributed by atoms with van der Waals surface area (Å²) in [5.41, 5.74) is 1.19. The quantitative estimate of drug-likeness (QED) is 0.780. The second-order valence-electron chi connectivity index (χ2n) is 5.43. The summed E-state index contributed by atoms with van der Waals surface area (Å²) in [4.78, 5) is 11.5. The van der Waals surface area contributed by atoms with E-state index in [2.05, 4.69) is 4.72 Å². The van der Waals surface area contributed by atoms with Crippen LogP contribution in [0.2, 0.25) is 0 Å². The Balaban J connectivity index is 2.18. The molecule has 1 atom stereocenters. The number of rotatable bonds is 7. The van der Waals surface area contributed by atoms with Crippen molar-refractivity contribution in [1.82, 2.24) is 4.72 Å². The summed E-state index contributed by atoms with van der Waals surface area (Å²) in [5, 5.41) is 0. The molecule has 0 spiro atoms. The zero-order chi connectivity index (χ0) is 17.7. The molecule has 0 aliphatic rings. The third kappa shape index (κ3) is 4.43. The van der Waals surface area contributed by atoms with Crippen molar-refractivity contribution in [2.24, 2.45) is 0 Å². The third-order valence-corrected chi connectivity index (χ3v) is 5.11. The van der Waals surface area contributed by atoms with Crippen LogP contribution in [0.4, 0.5) is 0 Å². The van der Waals surface area contributed by atoms with E-state index in [1.54, 1.807) is 31.2 Å². The zero-order valence-electron chi connectivity index (χ0n) is 13.9. The number of carbonyl (C=O) groups is 1. The number of sulfonamides is 1. The van der Waals surface area contributed by atoms with Crippen molar-refractivity contribution in [1.29, 1.82) is 0 Å². The van der Waals surface area contributed by atoms with Gasteiger partial charge in [0.15, 0.2) is 5.78 Å². The van der Waals surface area contributed by atoms with E-state index in [4.69, 9.17) is 4.74 Å². The monoisotopic (exact) mass is 347 g/mol. The zero-order valence-corrected chi connectivity index (χ0v) is 14.8. The van der Waals surface area contributed by atoms with Crippen LogP contribution in [0.5, 0.6) is 5.75 Å². The second kappa shape index (κ2) is 7.59. The van der Waals surface area contributed by atoms with Crippen molar-refractivity contribution in [3.8, 4) is 5.75 Å². The Bertz CT molecular complexity index is 813. The first-order chi connectivity index (χ1) is 11.3. The smallest absolute Gasteiger partial charge is 0.241 e. The molecule has 1 unspecified atom stereocenters. The summed E-state index contributed by atoms with van der Waals surface area (Å²) >= 11 is 0. The molecule has 5 nitrogen and oxygen atoms in total. The Kier molecular flexibility index (Phi) is 5.75. The molecule has 0 fully saturated rings. The van der Waals surface area contributed by atoms with E-state index in [9.17, 15) is 13.2 Å². The van der Waals surface area contributed by atoms with Crippen molar-refractivity contribution in [3.05, 3.63) is 59.7 Å². The van der Waals surface area contributed by atoms with E-state index < -0.39 is 16.1 Å². The molecule has 0 heterocycles. The fourth-order valence-corrected chi connectivity index (χ4v) is 3.55. The number of benzene rings is 2. The lowest BCUT2D eigenvalue weighted by Gasteiger charge is -2.15. The normalized spacial score (nSPS) is 12.6. The molecule has 128 valence electrons. The number of ether oxygens (including phenoxy) is 1. The van der Waals surface area contributed by atoms with E-state index in [0.29, 0.717) is 12.2 Å². The number of Topliss-reactive ketones (excluding diaryl/α,β-unsaturated/α-hetero) is 1. The lowest BCUT2D eigenvalue weighted by atomic mass is 10.1. The van der Waals surface area contributed by atoms with Gasteiger partial charge in [-0.3, -0.25) is 4.79 Å². The van der Waals surface area contributed by atoms with Gasteiger partial charge in [-0.2, -0.15) is 0 Å². The second-order valence-corrected chi connectivity index (χ2v) is 7.14. The molecule has 0 aromatic heterocycles. The van der Waals surface area contributed by atoms with Gasteiger partial charge in [0.1, 0.15) is 5.75 Å². The topological polar surface area (TPSA) is 72.5 Å². The first-order valence-electron chi connectivity index (χ1n) is 7.69. The highest BCUT2D eigenvalue weighted by Crippen LogP contribution is 2.20. The van der Waals surface area contributed by atoms with Crippen molar-refractivity contribution >= 4 is 15.8 Å². The molecular weight excluding hydrogens is 326 g/mol. The fourth-order valence-electron chi connectivity index (χ4n) is 2.27. The van der Waals surface area contributed by atoms with Crippen LogP contribution in [0.3, 0.4) is 0 Å². The molecule has 1 N–H and O–H groups in total. The average molecular weight is 347 g/mol. The van der Waals surface area contributed by atoms with Crippen LogP contribution < -0.4 is 9.46 Å². The number of ketones is 1. The van der Waals surface area contributed by atoms with Gasteiger partial charge >= 0.3 is 0 Å². The average Bonchev–Trinajstić information content (AvgIpc) is 2.55. The predicted octanol–water partition coefficient (Wildman–Crippen LogP) is 3.33. The summed E-state index contributed by atoms with van der Waals surface area (Å²) < 4.78 is 33.0. The number of carbonyl (C=O) groups excluding carboxylic acids is 1. The van der Waals surface area contributed by atoms with Crippen LogP contribution in [0.25, 0.3) is 0 Å². The standard InChI is InChI=1S/C18H21NO4S/c1-4-23-17-10-8-15(9-11-17)13(2)19-24(21,22)18-7-5-6-16(12-18)14(3)20/h5-13,19H,4H2,1-3H3. The Hall–Kier alpha value is -2.18. The molecule has 0 aliphatic heterocycles. The first-order valence-corrected chi connectivity index (χ1v) is 9.18. The highest BCUT2D eigenvalue weighted by atomic mass is 32.2. The Morgan fingerprint density at radius 1 is 1.17 bits per heavy atom. The fraction of sp³-hybridized carbons (Fsp3) is 0.278. The van der Waals surface area contributed by atoms with Gasteiger partial charge in [-0.05, 0) is 50.6 Å². The van der Waals surface area contributed by atoms with Gasteiger partial charge in [-0.1, -0.05) is 24.3 Å². The van der Waals surface area contributed by atoms with Gasteiger partial charge in [0.05, 0.1) is 11.5 Å². The number of nitrogens with one attached hydrogen (secondary N) is 1. The number of hydrogen-bond acceptors (Lipinski definition) is 4. The minimum absolute atomic E-state index is 0.0768. The largest absolute Gasteiger partial charge is 0.494 e. The molecular formula is C18H21NO4S. The lowest BCUT2D eigenvalue weighted by Crippen LogP contribution is -2.27. The minimum atomic E-state index is -3.72. The van der Waals surface area contributed by atoms with Gasteiger partial charge in [-0.25, -0.2) is 13.1 Å². The maximum atomic E-state index is 12.5. The van der Waals surface area contributed by atoms with E-state index in [0.717, 1.165) is 11.3 Å². The van der Waals surface area contributed by atoms with Gasteiger partial charge in [0, 0.05) is 11.6 Å². The van der Waals surface area contributed by atoms with Crippen molar-refractivity contribution in [2.75, 3.05) is 6.61 Å². The van der Waals surface area contributed by atoms with Crippen LogP contribution in [-0.2, 0) is 10.0 Å². The Morgan fingerprint density at radius 2 is 1.83 bits per heavy atom. The summed E-state index contributed by atoms with van der Waals surface area (Å²) in [6.07, 6.45) is 0. The van der Waals surface area contributed by atoms with Crippen LogP contribution in [0.1, 0.15) is 42.7 Å². The van der Waals surface area contributed by atoms with Gasteiger partial charge < -0.3 is 4.74 Å². The maximum absolute atomic E-state index is 12.5. The Morgan fingerprint density at radius 3 is 2.42 bits per heavy atom. The predicted molar refractivity (Wildman–Crippen MR) is 92.8 cm³/mol. The molecule has 2 aromatic carbocycles. The molecule has 0 radical (unpaired) electrons. The molecule has 0 saturated heterocycles. The summed E-state index contributed by atoms with van der Waals surface area (Å²) in [7, 11) is -3.72. The van der Waals surface area contributed by atoms with Gasteiger partial charge in [0.2, 0.25) is 10.0 Å². The van der Waals surface area contributed by atoms with E-state index >= 15 is 0 Å². The van der Waals surface area contributed by atoms with Crippen LogP contribution in [0, 0.1) is 0 Å². The van der Waals surface area contributed by atoms with Crippen LogP contribution >= 0.6 is 0 Å². The SMILES string of the molecule is CCOc1ccc(C(C)NS(=O)(=O)c2cccc(C(C)=O)c2)cc1. The summed E-state index contributed by atoms with van der Waals surface area (Å²) in [6.45, 7) is 5.65. The molecule has 0 saturated carbocycles. The number of hydrogen-bond donors (Lipinski definition) is 1. The Labute approximate surface area is 142 Å². The summed E-state index contributed by atoms with van der Waals surface area (Å²) in [6, 6.07) is 12.9. The van der Waals surface area contributed by atoms with Crippen molar-refractivity contribution < 1.29 is 17.9 Å². The van der Waals surface area contributed by atoms with Gasteiger partial charge in [-0.15, -0.1) is 0 Å². The molecule has 0 aliphatic carbocycles. The van der Waals surface area contributed by atoms with E-state index in [1.165, 1.54) is 19.1 Å². The molecule has 6 heteroatoms. The van der Waals surface area contributed by atoms with Crippen LogP contribution in [0.15, 0.2) is 53.4 Å². The molecule has 0 amide bonds. The first kappa shape index (κ1) is 18.2. The van der Waals surface area contributed by atoms with E-state index in [-0.39, 0.29) is 10.7 Å². The summed E-state index contributed by atoms with van der Waals surface area (Å²) in [5.74, 6) is 0.567. The molecule has 2 rings (SSSR count). The molecule has 0 bridgehead atoms. The lowest BCUT2D eigenvalue weighted by molar-refractivity contribution is 0.101. The minimum Gasteiger partial charge on any atom is -0.494 e. The third-order valence-electron chi connectivity index (χ3n) is 3.57. The van der Waals surface area contributed by atoms with Crippen molar-refractivity contribution in [3.63, 3.8) is 0 Å². The van der Waals surface area contributed by atoms with Crippen LogP contribution in [-0.4, -0.2) is 20.8 Å². The van der Waals surface area contributed by atoms with Gasteiger partial charge in [0.25, 0.3) is 0 Å². The van der Waals surface area contributed by atoms with Crippen molar-refractivity contribution in [2.45, 2.75) is 31.7 Å².